The molecule has 1 amide bonds. The first-order valence-corrected chi connectivity index (χ1v) is 7.83. The van der Waals surface area contributed by atoms with Crippen molar-refractivity contribution in [3.8, 4) is 0 Å². The summed E-state index contributed by atoms with van der Waals surface area (Å²) in [7, 11) is -2.37. The number of amides is 1. The molecule has 0 radical (unpaired) electrons. The largest absolute Gasteiger partial charge is 0.481 e. The molecule has 1 unspecified atom stereocenters. The van der Waals surface area contributed by atoms with Crippen LogP contribution in [-0.2, 0) is 21.9 Å². The number of aliphatic carboxylic acids is 1. The fourth-order valence-electron chi connectivity index (χ4n) is 1.83. The van der Waals surface area contributed by atoms with Crippen molar-refractivity contribution in [2.75, 3.05) is 13.1 Å². The highest BCUT2D eigenvalue weighted by molar-refractivity contribution is 7.89. The Morgan fingerprint density at radius 1 is 1.48 bits per heavy atom. The van der Waals surface area contributed by atoms with Gasteiger partial charge in [0.15, 0.2) is 0 Å². The van der Waals surface area contributed by atoms with E-state index in [1.807, 2.05) is 0 Å². The number of carboxylic acid groups (broad SMARTS) is 1. The van der Waals surface area contributed by atoms with Crippen molar-refractivity contribution in [2.45, 2.75) is 18.7 Å². The Labute approximate surface area is 123 Å². The number of nitrogens with two attached hydrogens (primary N) is 1. The summed E-state index contributed by atoms with van der Waals surface area (Å²) in [5.41, 5.74) is 0.137. The van der Waals surface area contributed by atoms with Gasteiger partial charge in [0.05, 0.1) is 5.92 Å². The van der Waals surface area contributed by atoms with Gasteiger partial charge >= 0.3 is 5.97 Å². The zero-order valence-electron chi connectivity index (χ0n) is 12.1. The molecule has 1 aromatic heterocycles. The van der Waals surface area contributed by atoms with Crippen LogP contribution in [-0.4, -0.2) is 48.0 Å². The average molecular weight is 317 g/mol. The maximum Gasteiger partial charge on any atom is 0.308 e. The second kappa shape index (κ2) is 6.27. The molecular formula is C12H19N3O5S. The molecule has 0 aliphatic heterocycles. The van der Waals surface area contributed by atoms with Crippen LogP contribution in [0.3, 0.4) is 0 Å². The monoisotopic (exact) mass is 317 g/mol. The Bertz CT molecular complexity index is 650. The van der Waals surface area contributed by atoms with Crippen LogP contribution in [0.1, 0.15) is 24.3 Å². The summed E-state index contributed by atoms with van der Waals surface area (Å²) >= 11 is 0. The summed E-state index contributed by atoms with van der Waals surface area (Å²) < 4.78 is 23.9. The summed E-state index contributed by atoms with van der Waals surface area (Å²) in [6, 6.07) is 1.19. The lowest BCUT2D eigenvalue weighted by molar-refractivity contribution is -0.141. The lowest BCUT2D eigenvalue weighted by Gasteiger charge is -2.23. The van der Waals surface area contributed by atoms with Crippen LogP contribution >= 0.6 is 0 Å². The van der Waals surface area contributed by atoms with Gasteiger partial charge in [0.25, 0.3) is 5.91 Å². The van der Waals surface area contributed by atoms with Crippen LogP contribution in [0, 0.1) is 5.92 Å². The van der Waals surface area contributed by atoms with E-state index in [1.54, 1.807) is 6.92 Å². The minimum atomic E-state index is -3.89. The second-order valence-electron chi connectivity index (χ2n) is 4.80. The maximum atomic E-state index is 12.4. The van der Waals surface area contributed by atoms with E-state index in [0.717, 1.165) is 0 Å². The predicted molar refractivity (Wildman–Crippen MR) is 75.2 cm³/mol. The minimum Gasteiger partial charge on any atom is -0.481 e. The smallest absolute Gasteiger partial charge is 0.308 e. The third kappa shape index (κ3) is 4.05. The van der Waals surface area contributed by atoms with Crippen molar-refractivity contribution >= 4 is 21.9 Å². The molecule has 0 fully saturated rings. The summed E-state index contributed by atoms with van der Waals surface area (Å²) in [6.07, 6.45) is 1.25. The van der Waals surface area contributed by atoms with Crippen LogP contribution in [0.2, 0.25) is 0 Å². The number of sulfonamides is 1. The van der Waals surface area contributed by atoms with E-state index in [9.17, 15) is 18.0 Å². The molecule has 0 aliphatic rings. The van der Waals surface area contributed by atoms with E-state index in [2.05, 4.69) is 0 Å². The third-order valence-electron chi connectivity index (χ3n) is 3.11. The van der Waals surface area contributed by atoms with Crippen molar-refractivity contribution in [3.05, 3.63) is 18.0 Å². The highest BCUT2D eigenvalue weighted by Crippen LogP contribution is 2.15. The van der Waals surface area contributed by atoms with Gasteiger partial charge in [-0.1, -0.05) is 6.92 Å². The van der Waals surface area contributed by atoms with Crippen LogP contribution < -0.4 is 5.14 Å². The number of carbonyl (C=O) groups is 2. The fraction of sp³-hybridized carbons (Fsp3) is 0.500. The van der Waals surface area contributed by atoms with E-state index in [0.29, 0.717) is 6.54 Å². The van der Waals surface area contributed by atoms with Gasteiger partial charge in [-0.25, -0.2) is 13.6 Å². The Balaban J connectivity index is 3.06. The van der Waals surface area contributed by atoms with Gasteiger partial charge in [-0.3, -0.25) is 9.59 Å². The Morgan fingerprint density at radius 2 is 2.05 bits per heavy atom. The summed E-state index contributed by atoms with van der Waals surface area (Å²) in [5, 5.41) is 13.9. The van der Waals surface area contributed by atoms with Crippen molar-refractivity contribution < 1.29 is 23.1 Å². The van der Waals surface area contributed by atoms with Gasteiger partial charge in [0.2, 0.25) is 10.0 Å². The molecule has 1 rings (SSSR count). The molecule has 118 valence electrons. The first-order valence-electron chi connectivity index (χ1n) is 6.29. The van der Waals surface area contributed by atoms with E-state index in [4.69, 9.17) is 10.2 Å². The van der Waals surface area contributed by atoms with Crippen molar-refractivity contribution in [3.63, 3.8) is 0 Å². The standard InChI is InChI=1S/C12H19N3O5S/c1-4-15(6-8(2)12(17)18)11(16)10-5-9(7-14(10)3)21(13,19)20/h5,7-8H,4,6H2,1-3H3,(H,17,18)(H2,13,19,20). The molecule has 9 heteroatoms. The molecular weight excluding hydrogens is 298 g/mol. The first-order chi connectivity index (χ1) is 9.57. The molecule has 8 nitrogen and oxygen atoms in total. The van der Waals surface area contributed by atoms with Gasteiger partial charge < -0.3 is 14.6 Å². The molecule has 0 saturated heterocycles. The Morgan fingerprint density at radius 3 is 2.43 bits per heavy atom. The molecule has 0 aliphatic carbocycles. The van der Waals surface area contributed by atoms with E-state index in [1.165, 1.54) is 35.7 Å². The number of rotatable bonds is 6. The highest BCUT2D eigenvalue weighted by atomic mass is 32.2. The van der Waals surface area contributed by atoms with Crippen LogP contribution in [0.25, 0.3) is 0 Å². The quantitative estimate of drug-likeness (QED) is 0.755. The van der Waals surface area contributed by atoms with Gasteiger partial charge in [0, 0.05) is 26.3 Å². The van der Waals surface area contributed by atoms with E-state index < -0.39 is 27.8 Å². The third-order valence-corrected chi connectivity index (χ3v) is 3.99. The molecule has 0 spiro atoms. The van der Waals surface area contributed by atoms with Gasteiger partial charge in [-0.05, 0) is 13.0 Å². The number of primary sulfonamides is 1. The van der Waals surface area contributed by atoms with Crippen LogP contribution in [0.15, 0.2) is 17.2 Å². The topological polar surface area (TPSA) is 123 Å². The van der Waals surface area contributed by atoms with E-state index in [-0.39, 0.29) is 17.1 Å². The summed E-state index contributed by atoms with van der Waals surface area (Å²) in [5.74, 6) is -2.16. The molecule has 0 saturated carbocycles. The summed E-state index contributed by atoms with van der Waals surface area (Å²) in [4.78, 5) is 24.4. The number of nitrogens with zero attached hydrogens (tertiary/aromatic N) is 2. The zero-order valence-corrected chi connectivity index (χ0v) is 12.9. The van der Waals surface area contributed by atoms with Crippen LogP contribution in [0.5, 0.6) is 0 Å². The molecule has 21 heavy (non-hydrogen) atoms. The average Bonchev–Trinajstić information content (AvgIpc) is 2.76. The van der Waals surface area contributed by atoms with Crippen molar-refractivity contribution in [1.82, 2.24) is 9.47 Å². The molecule has 3 N–H and O–H groups in total. The second-order valence-corrected chi connectivity index (χ2v) is 6.36. The Hall–Kier alpha value is -1.87. The summed E-state index contributed by atoms with van der Waals surface area (Å²) in [6.45, 7) is 3.57. The maximum absolute atomic E-state index is 12.4. The predicted octanol–water partition coefficient (Wildman–Crippen LogP) is -0.145. The lowest BCUT2D eigenvalue weighted by atomic mass is 10.1. The number of aromatic nitrogens is 1. The lowest BCUT2D eigenvalue weighted by Crippen LogP contribution is -2.37. The normalized spacial score (nSPS) is 13.0. The van der Waals surface area contributed by atoms with Gasteiger partial charge in [-0.2, -0.15) is 0 Å². The number of carboxylic acids is 1. The van der Waals surface area contributed by atoms with Gasteiger partial charge in [-0.15, -0.1) is 0 Å². The number of aryl methyl sites for hydroxylation is 1. The molecule has 1 aromatic rings. The SMILES string of the molecule is CCN(CC(C)C(=O)O)C(=O)c1cc(S(N)(=O)=O)cn1C. The van der Waals surface area contributed by atoms with Crippen LogP contribution in [0.4, 0.5) is 0 Å². The molecule has 0 bridgehead atoms. The highest BCUT2D eigenvalue weighted by Gasteiger charge is 2.24. The van der Waals surface area contributed by atoms with Crippen molar-refractivity contribution in [1.29, 1.82) is 0 Å². The first kappa shape index (κ1) is 17.2. The van der Waals surface area contributed by atoms with Gasteiger partial charge in [0.1, 0.15) is 10.6 Å². The zero-order chi connectivity index (χ0) is 16.4. The van der Waals surface area contributed by atoms with Crippen molar-refractivity contribution in [2.24, 2.45) is 18.1 Å². The number of hydrogen-bond acceptors (Lipinski definition) is 4. The molecule has 0 aromatic carbocycles. The van der Waals surface area contributed by atoms with E-state index >= 15 is 0 Å². The minimum absolute atomic E-state index is 0.0422. The molecule has 1 atom stereocenters. The number of hydrogen-bond donors (Lipinski definition) is 2. The Kier molecular flexibility index (Phi) is 5.13. The fourth-order valence-corrected chi connectivity index (χ4v) is 2.41. The molecule has 1 heterocycles. The number of carbonyl (C=O) groups excluding carboxylic acids is 1.